The number of rotatable bonds is 51. The van der Waals surface area contributed by atoms with Crippen molar-refractivity contribution in [3.05, 3.63) is 0 Å². The fourth-order valence-electron chi connectivity index (χ4n) is 8.45. The number of ether oxygens (including phenoxy) is 3. The van der Waals surface area contributed by atoms with Gasteiger partial charge in [0.2, 0.25) is 0 Å². The van der Waals surface area contributed by atoms with Gasteiger partial charge in [0, 0.05) is 19.3 Å². The van der Waals surface area contributed by atoms with Gasteiger partial charge in [0.05, 0.1) is 0 Å². The molecule has 0 heterocycles. The fourth-order valence-corrected chi connectivity index (χ4v) is 8.45. The van der Waals surface area contributed by atoms with E-state index in [4.69, 9.17) is 14.2 Å². The number of hydrogen-bond acceptors (Lipinski definition) is 6. The van der Waals surface area contributed by atoms with Crippen molar-refractivity contribution in [3.63, 3.8) is 0 Å². The van der Waals surface area contributed by atoms with Crippen molar-refractivity contribution in [2.24, 2.45) is 0 Å². The van der Waals surface area contributed by atoms with Crippen molar-refractivity contribution in [2.75, 3.05) is 13.2 Å². The molecule has 0 aromatic rings. The van der Waals surface area contributed by atoms with Crippen LogP contribution in [0.15, 0.2) is 0 Å². The first-order valence-electron chi connectivity index (χ1n) is 27.5. The van der Waals surface area contributed by atoms with Gasteiger partial charge in [0.1, 0.15) is 13.2 Å². The first kappa shape index (κ1) is 59.4. The van der Waals surface area contributed by atoms with Gasteiger partial charge < -0.3 is 14.2 Å². The highest BCUT2D eigenvalue weighted by atomic mass is 16.6. The van der Waals surface area contributed by atoms with E-state index in [0.717, 1.165) is 57.8 Å². The molecule has 0 unspecified atom stereocenters. The highest BCUT2D eigenvalue weighted by Crippen LogP contribution is 2.17. The first-order valence-corrected chi connectivity index (χ1v) is 27.5. The summed E-state index contributed by atoms with van der Waals surface area (Å²) in [6, 6.07) is 0. The molecule has 0 saturated carbocycles. The van der Waals surface area contributed by atoms with E-state index in [1.807, 2.05) is 0 Å². The first-order chi connectivity index (χ1) is 30.0. The lowest BCUT2D eigenvalue weighted by molar-refractivity contribution is -0.167. The van der Waals surface area contributed by atoms with Gasteiger partial charge in [-0.3, -0.25) is 14.4 Å². The summed E-state index contributed by atoms with van der Waals surface area (Å²) in [6.07, 6.45) is 55.1. The van der Waals surface area contributed by atoms with E-state index < -0.39 is 6.10 Å². The van der Waals surface area contributed by atoms with Gasteiger partial charge in [-0.05, 0) is 19.3 Å². The highest BCUT2D eigenvalue weighted by molar-refractivity contribution is 5.71. The molecule has 6 heteroatoms. The zero-order valence-electron chi connectivity index (χ0n) is 41.5. The van der Waals surface area contributed by atoms with Gasteiger partial charge in [-0.2, -0.15) is 0 Å². The summed E-state index contributed by atoms with van der Waals surface area (Å²) < 4.78 is 16.8. The van der Waals surface area contributed by atoms with Crippen LogP contribution in [0.3, 0.4) is 0 Å². The lowest BCUT2D eigenvalue weighted by Crippen LogP contribution is -2.30. The van der Waals surface area contributed by atoms with Crippen LogP contribution in [0.4, 0.5) is 0 Å². The van der Waals surface area contributed by atoms with Gasteiger partial charge >= 0.3 is 17.9 Å². The van der Waals surface area contributed by atoms with E-state index in [-0.39, 0.29) is 31.1 Å². The molecule has 6 nitrogen and oxygen atoms in total. The fraction of sp³-hybridized carbons (Fsp3) is 0.945. The lowest BCUT2D eigenvalue weighted by atomic mass is 10.0. The molecule has 0 bridgehead atoms. The molecule has 0 rings (SSSR count). The van der Waals surface area contributed by atoms with Crippen LogP contribution in [0, 0.1) is 0 Å². The molecule has 0 fully saturated rings. The van der Waals surface area contributed by atoms with E-state index in [1.165, 1.54) is 218 Å². The molecule has 362 valence electrons. The quantitative estimate of drug-likeness (QED) is 0.0344. The molecule has 0 spiro atoms. The Labute approximate surface area is 380 Å². The molecule has 61 heavy (non-hydrogen) atoms. The molecule has 0 saturated heterocycles. The molecule has 0 aromatic heterocycles. The van der Waals surface area contributed by atoms with Gasteiger partial charge in [0.15, 0.2) is 6.10 Å². The van der Waals surface area contributed by atoms with E-state index in [1.54, 1.807) is 0 Å². The van der Waals surface area contributed by atoms with E-state index >= 15 is 0 Å². The van der Waals surface area contributed by atoms with Gasteiger partial charge in [-0.1, -0.05) is 278 Å². The molecule has 0 aliphatic rings. The molecular formula is C55H106O6. The number of hydrogen-bond donors (Lipinski definition) is 0. The van der Waals surface area contributed by atoms with E-state index in [0.29, 0.717) is 19.3 Å². The SMILES string of the molecule is CCCCCCCCCCCCCCCCCCCCC(=O)OC[C@H](COC(=O)CCCCCCCCCCCCCCC)OC(=O)CCCCCCCCCCCCCC. The van der Waals surface area contributed by atoms with Crippen LogP contribution in [-0.2, 0) is 28.6 Å². The summed E-state index contributed by atoms with van der Waals surface area (Å²) in [7, 11) is 0. The van der Waals surface area contributed by atoms with Gasteiger partial charge in [-0.25, -0.2) is 0 Å². The van der Waals surface area contributed by atoms with Crippen LogP contribution in [-0.4, -0.2) is 37.2 Å². The molecule has 1 atom stereocenters. The largest absolute Gasteiger partial charge is 0.462 e. The Morgan fingerprint density at radius 3 is 0.656 bits per heavy atom. The Morgan fingerprint density at radius 1 is 0.262 bits per heavy atom. The average molecular weight is 863 g/mol. The van der Waals surface area contributed by atoms with Crippen molar-refractivity contribution >= 4 is 17.9 Å². The molecule has 0 N–H and O–H groups in total. The third kappa shape index (κ3) is 49.3. The Balaban J connectivity index is 4.25. The van der Waals surface area contributed by atoms with E-state index in [9.17, 15) is 14.4 Å². The summed E-state index contributed by atoms with van der Waals surface area (Å²) in [5.41, 5.74) is 0. The maximum absolute atomic E-state index is 12.8. The summed E-state index contributed by atoms with van der Waals surface area (Å²) in [5, 5.41) is 0. The second-order valence-electron chi connectivity index (χ2n) is 18.9. The lowest BCUT2D eigenvalue weighted by Gasteiger charge is -2.18. The molecule has 0 radical (unpaired) electrons. The maximum atomic E-state index is 12.8. The van der Waals surface area contributed by atoms with Crippen molar-refractivity contribution in [2.45, 2.75) is 322 Å². The maximum Gasteiger partial charge on any atom is 0.306 e. The number of unbranched alkanes of at least 4 members (excludes halogenated alkanes) is 40. The zero-order valence-corrected chi connectivity index (χ0v) is 41.5. The standard InChI is InChI=1S/C55H106O6/c1-4-7-10-13-16-19-22-25-26-27-28-29-31-34-36-39-42-45-48-54(57)60-51-52(61-55(58)49-46-43-40-37-32-24-21-18-15-12-9-6-3)50-59-53(56)47-44-41-38-35-33-30-23-20-17-14-11-8-5-2/h52H,4-51H2,1-3H3/t52-/m0/s1. The minimum atomic E-state index is -0.760. The van der Waals surface area contributed by atoms with Crippen LogP contribution >= 0.6 is 0 Å². The van der Waals surface area contributed by atoms with Crippen LogP contribution in [0.2, 0.25) is 0 Å². The topological polar surface area (TPSA) is 78.9 Å². The normalized spacial score (nSPS) is 11.9. The second-order valence-corrected chi connectivity index (χ2v) is 18.9. The van der Waals surface area contributed by atoms with Crippen LogP contribution in [0.25, 0.3) is 0 Å². The van der Waals surface area contributed by atoms with Crippen LogP contribution in [0.5, 0.6) is 0 Å². The Bertz CT molecular complexity index is 905. The van der Waals surface area contributed by atoms with Crippen molar-refractivity contribution in [1.82, 2.24) is 0 Å². The van der Waals surface area contributed by atoms with Gasteiger partial charge in [0.25, 0.3) is 0 Å². The molecule has 0 aliphatic carbocycles. The Kier molecular flexibility index (Phi) is 49.7. The highest BCUT2D eigenvalue weighted by Gasteiger charge is 2.19. The average Bonchev–Trinajstić information content (AvgIpc) is 3.26. The minimum Gasteiger partial charge on any atom is -0.462 e. The summed E-state index contributed by atoms with van der Waals surface area (Å²) in [4.78, 5) is 38.0. The number of esters is 3. The van der Waals surface area contributed by atoms with Gasteiger partial charge in [-0.15, -0.1) is 0 Å². The Morgan fingerprint density at radius 2 is 0.443 bits per heavy atom. The molecule has 0 amide bonds. The zero-order chi connectivity index (χ0) is 44.4. The second kappa shape index (κ2) is 51.0. The van der Waals surface area contributed by atoms with Crippen molar-refractivity contribution in [3.8, 4) is 0 Å². The molecule has 0 aromatic carbocycles. The summed E-state index contributed by atoms with van der Waals surface area (Å²) in [6.45, 7) is 6.69. The summed E-state index contributed by atoms with van der Waals surface area (Å²) >= 11 is 0. The predicted octanol–water partition coefficient (Wildman–Crippen LogP) is 18.0. The monoisotopic (exact) mass is 863 g/mol. The Hall–Kier alpha value is -1.59. The van der Waals surface area contributed by atoms with Crippen molar-refractivity contribution in [1.29, 1.82) is 0 Å². The predicted molar refractivity (Wildman–Crippen MR) is 261 cm³/mol. The third-order valence-electron chi connectivity index (χ3n) is 12.6. The van der Waals surface area contributed by atoms with Crippen LogP contribution < -0.4 is 0 Å². The van der Waals surface area contributed by atoms with Crippen molar-refractivity contribution < 1.29 is 28.6 Å². The molecule has 0 aliphatic heterocycles. The third-order valence-corrected chi connectivity index (χ3v) is 12.6. The van der Waals surface area contributed by atoms with Crippen LogP contribution in [0.1, 0.15) is 316 Å². The minimum absolute atomic E-state index is 0.0614. The summed E-state index contributed by atoms with van der Waals surface area (Å²) in [5.74, 6) is -0.837. The van der Waals surface area contributed by atoms with E-state index in [2.05, 4.69) is 20.8 Å². The number of carbonyl (C=O) groups excluding carboxylic acids is 3. The number of carbonyl (C=O) groups is 3. The smallest absolute Gasteiger partial charge is 0.306 e. The molecular weight excluding hydrogens is 757 g/mol.